The van der Waals surface area contributed by atoms with Crippen LogP contribution in [0.2, 0.25) is 0 Å². The van der Waals surface area contributed by atoms with Gasteiger partial charge in [0.2, 0.25) is 0 Å². The van der Waals surface area contributed by atoms with E-state index in [0.29, 0.717) is 5.56 Å². The van der Waals surface area contributed by atoms with Crippen molar-refractivity contribution in [3.63, 3.8) is 0 Å². The van der Waals surface area contributed by atoms with Crippen molar-refractivity contribution in [3.8, 4) is 0 Å². The average molecular weight is 310 g/mol. The van der Waals surface area contributed by atoms with Gasteiger partial charge < -0.3 is 5.11 Å². The third-order valence-electron chi connectivity index (χ3n) is 1.79. The molecule has 1 aromatic rings. The van der Waals surface area contributed by atoms with E-state index in [2.05, 4.69) is 20.8 Å². The minimum atomic E-state index is -3.68. The lowest BCUT2D eigenvalue weighted by Gasteiger charge is -2.08. The number of sulfonamides is 1. The van der Waals surface area contributed by atoms with Gasteiger partial charge in [0, 0.05) is 4.47 Å². The molecule has 0 bridgehead atoms. The molecule has 0 amide bonds. The summed E-state index contributed by atoms with van der Waals surface area (Å²) < 4.78 is 24.2. The Bertz CT molecular complexity index is 461. The van der Waals surface area contributed by atoms with Gasteiger partial charge in [-0.2, -0.15) is 0 Å². The van der Waals surface area contributed by atoms with E-state index in [-0.39, 0.29) is 18.1 Å². The van der Waals surface area contributed by atoms with Gasteiger partial charge in [-0.15, -0.1) is 0 Å². The molecule has 0 aliphatic rings. The molecule has 0 atom stereocenters. The van der Waals surface area contributed by atoms with Crippen LogP contribution in [0.4, 0.5) is 0 Å². The monoisotopic (exact) mass is 309 g/mol. The van der Waals surface area contributed by atoms with Crippen molar-refractivity contribution in [2.24, 2.45) is 0 Å². The van der Waals surface area contributed by atoms with E-state index in [4.69, 9.17) is 5.11 Å². The molecule has 0 saturated heterocycles. The van der Waals surface area contributed by atoms with Gasteiger partial charge in [-0.25, -0.2) is 8.42 Å². The third-order valence-corrected chi connectivity index (χ3v) is 3.66. The first-order chi connectivity index (χ1) is 7.47. The van der Waals surface area contributed by atoms with E-state index < -0.39 is 10.0 Å². The van der Waals surface area contributed by atoms with Crippen molar-refractivity contribution in [1.29, 1.82) is 0 Å². The van der Waals surface area contributed by atoms with Crippen LogP contribution >= 0.6 is 15.9 Å². The topological polar surface area (TPSA) is 75.6 Å². The second-order valence-corrected chi connectivity index (χ2v) is 5.60. The lowest BCUT2D eigenvalue weighted by atomic mass is 10.2. The van der Waals surface area contributed by atoms with Crippen molar-refractivity contribution >= 4 is 26.0 Å². The number of nitrogens with one attached hydrogen (secondary N) is 1. The molecule has 0 fully saturated rings. The third kappa shape index (κ3) is 3.53. The van der Waals surface area contributed by atoms with Crippen molar-refractivity contribution in [2.75, 3.05) is 13.2 Å². The van der Waals surface area contributed by atoms with E-state index in [0.717, 1.165) is 4.47 Å². The standard InChI is InChI=1S/C9H12BrNO4S/c1-7-6-8(10)2-3-9(7)16(13,14)11-15-5-4-12/h2-3,6,11-12H,4-5H2,1H3. The largest absolute Gasteiger partial charge is 0.394 e. The maximum atomic E-state index is 11.7. The summed E-state index contributed by atoms with van der Waals surface area (Å²) in [6, 6.07) is 4.80. The highest BCUT2D eigenvalue weighted by atomic mass is 79.9. The summed E-state index contributed by atoms with van der Waals surface area (Å²) in [6.07, 6.45) is 0. The Morgan fingerprint density at radius 2 is 2.19 bits per heavy atom. The molecule has 1 rings (SSSR count). The summed E-state index contributed by atoms with van der Waals surface area (Å²) >= 11 is 3.25. The van der Waals surface area contributed by atoms with Gasteiger partial charge >= 0.3 is 0 Å². The molecule has 90 valence electrons. The quantitative estimate of drug-likeness (QED) is 0.627. The van der Waals surface area contributed by atoms with Gasteiger partial charge in [-0.3, -0.25) is 4.84 Å². The molecule has 1 aromatic carbocycles. The Morgan fingerprint density at radius 3 is 2.75 bits per heavy atom. The van der Waals surface area contributed by atoms with Crippen molar-refractivity contribution in [1.82, 2.24) is 4.89 Å². The lowest BCUT2D eigenvalue weighted by Crippen LogP contribution is -2.26. The molecule has 0 heterocycles. The maximum Gasteiger partial charge on any atom is 0.262 e. The Morgan fingerprint density at radius 1 is 1.50 bits per heavy atom. The number of aryl methyl sites for hydroxylation is 1. The number of aliphatic hydroxyl groups excluding tert-OH is 1. The van der Waals surface area contributed by atoms with Crippen LogP contribution in [0.5, 0.6) is 0 Å². The number of rotatable bonds is 5. The summed E-state index contributed by atoms with van der Waals surface area (Å²) in [6.45, 7) is 1.35. The second-order valence-electron chi connectivity index (χ2n) is 3.07. The van der Waals surface area contributed by atoms with Crippen molar-refractivity contribution in [2.45, 2.75) is 11.8 Å². The van der Waals surface area contributed by atoms with Gasteiger partial charge in [0.05, 0.1) is 18.1 Å². The van der Waals surface area contributed by atoms with Gasteiger partial charge in [0.25, 0.3) is 10.0 Å². The van der Waals surface area contributed by atoms with E-state index in [9.17, 15) is 8.42 Å². The number of hydrogen-bond acceptors (Lipinski definition) is 4. The number of benzene rings is 1. The van der Waals surface area contributed by atoms with Crippen LogP contribution in [-0.4, -0.2) is 26.7 Å². The summed E-state index contributed by atoms with van der Waals surface area (Å²) in [7, 11) is -3.68. The zero-order chi connectivity index (χ0) is 12.2. The molecule has 0 unspecified atom stereocenters. The molecular formula is C9H12BrNO4S. The molecule has 0 saturated carbocycles. The normalized spacial score (nSPS) is 11.7. The molecule has 5 nitrogen and oxygen atoms in total. The van der Waals surface area contributed by atoms with Gasteiger partial charge in [0.15, 0.2) is 0 Å². The predicted molar refractivity (Wildman–Crippen MR) is 62.2 cm³/mol. The summed E-state index contributed by atoms with van der Waals surface area (Å²) in [5.41, 5.74) is 0.606. The van der Waals surface area contributed by atoms with E-state index in [1.165, 1.54) is 6.07 Å². The molecule has 0 spiro atoms. The first kappa shape index (κ1) is 13.6. The van der Waals surface area contributed by atoms with Crippen molar-refractivity contribution < 1.29 is 18.4 Å². The first-order valence-corrected chi connectivity index (χ1v) is 6.75. The van der Waals surface area contributed by atoms with E-state index in [1.807, 2.05) is 4.89 Å². The van der Waals surface area contributed by atoms with E-state index in [1.54, 1.807) is 19.1 Å². The minimum Gasteiger partial charge on any atom is -0.394 e. The van der Waals surface area contributed by atoms with Crippen LogP contribution in [0.1, 0.15) is 5.56 Å². The second kappa shape index (κ2) is 5.74. The molecule has 0 radical (unpaired) electrons. The molecule has 2 N–H and O–H groups in total. The van der Waals surface area contributed by atoms with Crippen LogP contribution in [-0.2, 0) is 14.9 Å². The zero-order valence-corrected chi connectivity index (χ0v) is 11.0. The van der Waals surface area contributed by atoms with Crippen molar-refractivity contribution in [3.05, 3.63) is 28.2 Å². The summed E-state index contributed by atoms with van der Waals surface area (Å²) in [4.78, 5) is 6.67. The molecule has 16 heavy (non-hydrogen) atoms. The maximum absolute atomic E-state index is 11.7. The fourth-order valence-corrected chi connectivity index (χ4v) is 2.66. The number of halogens is 1. The van der Waals surface area contributed by atoms with Crippen LogP contribution < -0.4 is 4.89 Å². The highest BCUT2D eigenvalue weighted by molar-refractivity contribution is 9.10. The highest BCUT2D eigenvalue weighted by Gasteiger charge is 2.16. The van der Waals surface area contributed by atoms with Gasteiger partial charge in [-0.1, -0.05) is 20.8 Å². The average Bonchev–Trinajstić information content (AvgIpc) is 2.17. The molecular weight excluding hydrogens is 298 g/mol. The SMILES string of the molecule is Cc1cc(Br)ccc1S(=O)(=O)NOCCO. The van der Waals surface area contributed by atoms with Crippen LogP contribution in [0.3, 0.4) is 0 Å². The van der Waals surface area contributed by atoms with Crippen LogP contribution in [0.25, 0.3) is 0 Å². The fraction of sp³-hybridized carbons (Fsp3) is 0.333. The summed E-state index contributed by atoms with van der Waals surface area (Å²) in [5.74, 6) is 0. The van der Waals surface area contributed by atoms with Crippen LogP contribution in [0.15, 0.2) is 27.6 Å². The Labute approximate surface area is 103 Å². The molecule has 0 aromatic heterocycles. The number of hydrogen-bond donors (Lipinski definition) is 2. The predicted octanol–water partition coefficient (Wildman–Crippen LogP) is 0.960. The highest BCUT2D eigenvalue weighted by Crippen LogP contribution is 2.19. The minimum absolute atomic E-state index is 0.0885. The smallest absolute Gasteiger partial charge is 0.262 e. The molecule has 0 aliphatic carbocycles. The Hall–Kier alpha value is -0.470. The number of aliphatic hydroxyl groups is 1. The molecule has 7 heteroatoms. The fourth-order valence-electron chi connectivity index (χ4n) is 1.12. The first-order valence-electron chi connectivity index (χ1n) is 4.48. The zero-order valence-electron chi connectivity index (χ0n) is 8.60. The molecule has 0 aliphatic heterocycles. The van der Waals surface area contributed by atoms with Gasteiger partial charge in [-0.05, 0) is 30.7 Å². The van der Waals surface area contributed by atoms with Crippen LogP contribution in [0, 0.1) is 6.92 Å². The lowest BCUT2D eigenvalue weighted by molar-refractivity contribution is 0.0601. The Kier molecular flexibility index (Phi) is 4.88. The summed E-state index contributed by atoms with van der Waals surface area (Å²) in [5, 5.41) is 8.46. The van der Waals surface area contributed by atoms with E-state index >= 15 is 0 Å². The Balaban J connectivity index is 2.90. The van der Waals surface area contributed by atoms with Gasteiger partial charge in [0.1, 0.15) is 0 Å².